The monoisotopic (exact) mass is 334 g/mol. The summed E-state index contributed by atoms with van der Waals surface area (Å²) >= 11 is 0. The van der Waals surface area contributed by atoms with Crippen LogP contribution in [-0.4, -0.2) is 48.5 Å². The van der Waals surface area contributed by atoms with Crippen LogP contribution in [0.25, 0.3) is 0 Å². The second kappa shape index (κ2) is 7.09. The highest BCUT2D eigenvalue weighted by atomic mass is 16.5. The van der Waals surface area contributed by atoms with E-state index >= 15 is 0 Å². The molecule has 1 heterocycles. The number of nitrogen functional groups attached to an aromatic ring is 1. The number of hydrogen-bond acceptors (Lipinski definition) is 5. The summed E-state index contributed by atoms with van der Waals surface area (Å²) in [6.07, 6.45) is 1.42. The molecular weight excluding hydrogens is 308 g/mol. The molecule has 24 heavy (non-hydrogen) atoms. The molecule has 5 N–H and O–H groups in total. The number of piperidine rings is 1. The van der Waals surface area contributed by atoms with Crippen LogP contribution < -0.4 is 21.5 Å². The number of methoxy groups -OCH3 is 1. The molecule has 0 atom stereocenters. The Balaban J connectivity index is 1.92. The molecule has 132 valence electrons. The molecule has 1 aromatic rings. The van der Waals surface area contributed by atoms with Gasteiger partial charge in [-0.1, -0.05) is 0 Å². The Morgan fingerprint density at radius 3 is 2.46 bits per heavy atom. The van der Waals surface area contributed by atoms with Crippen molar-refractivity contribution in [3.05, 3.63) is 23.8 Å². The molecule has 0 radical (unpaired) electrons. The van der Waals surface area contributed by atoms with Gasteiger partial charge in [0.2, 0.25) is 5.91 Å². The normalized spacial score (nSPS) is 15.9. The highest BCUT2D eigenvalue weighted by molar-refractivity contribution is 5.95. The standard InChI is InChI=1S/C17H26N4O3/c1-17(2,19)16(23)21-8-6-12(7-9-21)20-15(22)11-4-5-13(18)14(10-11)24-3/h4-5,10,12H,6-9,18-19H2,1-3H3,(H,20,22). The lowest BCUT2D eigenvalue weighted by atomic mass is 10.00. The average molecular weight is 334 g/mol. The molecule has 0 spiro atoms. The number of rotatable bonds is 4. The molecule has 0 unspecified atom stereocenters. The first-order valence-electron chi connectivity index (χ1n) is 8.05. The van der Waals surface area contributed by atoms with Crippen LogP contribution in [0.4, 0.5) is 5.69 Å². The van der Waals surface area contributed by atoms with E-state index in [2.05, 4.69) is 5.32 Å². The third kappa shape index (κ3) is 4.17. The number of amides is 2. The molecular formula is C17H26N4O3. The summed E-state index contributed by atoms with van der Waals surface area (Å²) in [5.74, 6) is 0.251. The highest BCUT2D eigenvalue weighted by Gasteiger charge is 2.31. The first-order chi connectivity index (χ1) is 11.2. The molecule has 0 aromatic heterocycles. The van der Waals surface area contributed by atoms with Gasteiger partial charge in [0.15, 0.2) is 0 Å². The van der Waals surface area contributed by atoms with Crippen LogP contribution >= 0.6 is 0 Å². The Hall–Kier alpha value is -2.28. The Morgan fingerprint density at radius 2 is 1.92 bits per heavy atom. The zero-order valence-electron chi connectivity index (χ0n) is 14.5. The van der Waals surface area contributed by atoms with Crippen molar-refractivity contribution in [1.29, 1.82) is 0 Å². The predicted octanol–water partition coefficient (Wildman–Crippen LogP) is 0.736. The van der Waals surface area contributed by atoms with Crippen LogP contribution in [0, 0.1) is 0 Å². The smallest absolute Gasteiger partial charge is 0.251 e. The van der Waals surface area contributed by atoms with Crippen molar-refractivity contribution in [2.24, 2.45) is 5.73 Å². The maximum absolute atomic E-state index is 12.4. The number of carbonyl (C=O) groups is 2. The van der Waals surface area contributed by atoms with Gasteiger partial charge in [-0.2, -0.15) is 0 Å². The third-order valence-corrected chi connectivity index (χ3v) is 4.16. The van der Waals surface area contributed by atoms with Gasteiger partial charge in [-0.3, -0.25) is 9.59 Å². The first-order valence-corrected chi connectivity index (χ1v) is 8.05. The van der Waals surface area contributed by atoms with Gasteiger partial charge < -0.3 is 26.4 Å². The number of anilines is 1. The minimum Gasteiger partial charge on any atom is -0.495 e. The molecule has 1 fully saturated rings. The number of hydrogen-bond donors (Lipinski definition) is 3. The van der Waals surface area contributed by atoms with E-state index in [1.165, 1.54) is 7.11 Å². The first kappa shape index (κ1) is 18.1. The van der Waals surface area contributed by atoms with Crippen LogP contribution in [0.15, 0.2) is 18.2 Å². The van der Waals surface area contributed by atoms with E-state index in [4.69, 9.17) is 16.2 Å². The maximum atomic E-state index is 12.4. The molecule has 1 aliphatic heterocycles. The van der Waals surface area contributed by atoms with Gasteiger partial charge in [0.25, 0.3) is 5.91 Å². The van der Waals surface area contributed by atoms with Gasteiger partial charge in [-0.15, -0.1) is 0 Å². The molecule has 7 heteroatoms. The van der Waals surface area contributed by atoms with Crippen LogP contribution in [0.5, 0.6) is 5.75 Å². The molecule has 2 rings (SSSR count). The quantitative estimate of drug-likeness (QED) is 0.703. The van der Waals surface area contributed by atoms with Gasteiger partial charge in [-0.05, 0) is 44.9 Å². The van der Waals surface area contributed by atoms with E-state index in [9.17, 15) is 9.59 Å². The van der Waals surface area contributed by atoms with Crippen molar-refractivity contribution < 1.29 is 14.3 Å². The summed E-state index contributed by atoms with van der Waals surface area (Å²) in [6.45, 7) is 4.60. The molecule has 0 saturated carbocycles. The van der Waals surface area contributed by atoms with Crippen LogP contribution in [0.3, 0.4) is 0 Å². The molecule has 1 saturated heterocycles. The fourth-order valence-corrected chi connectivity index (χ4v) is 2.76. The summed E-state index contributed by atoms with van der Waals surface area (Å²) in [6, 6.07) is 4.98. The molecule has 0 aliphatic carbocycles. The molecule has 7 nitrogen and oxygen atoms in total. The Kier molecular flexibility index (Phi) is 5.33. The maximum Gasteiger partial charge on any atom is 0.251 e. The van der Waals surface area contributed by atoms with Crippen molar-refractivity contribution in [3.8, 4) is 5.75 Å². The van der Waals surface area contributed by atoms with Gasteiger partial charge in [-0.25, -0.2) is 0 Å². The van der Waals surface area contributed by atoms with Crippen molar-refractivity contribution in [3.63, 3.8) is 0 Å². The fourth-order valence-electron chi connectivity index (χ4n) is 2.76. The van der Waals surface area contributed by atoms with E-state index in [1.54, 1.807) is 36.9 Å². The van der Waals surface area contributed by atoms with E-state index in [0.29, 0.717) is 42.9 Å². The molecule has 1 aliphatic rings. The van der Waals surface area contributed by atoms with E-state index in [1.807, 2.05) is 0 Å². The second-order valence-electron chi connectivity index (χ2n) is 6.72. The number of ether oxygens (including phenoxy) is 1. The summed E-state index contributed by atoms with van der Waals surface area (Å²) in [5, 5.41) is 3.00. The van der Waals surface area contributed by atoms with E-state index in [0.717, 1.165) is 0 Å². The molecule has 2 amide bonds. The third-order valence-electron chi connectivity index (χ3n) is 4.16. The minimum atomic E-state index is -0.864. The summed E-state index contributed by atoms with van der Waals surface area (Å²) in [7, 11) is 1.51. The average Bonchev–Trinajstić information content (AvgIpc) is 2.54. The van der Waals surface area contributed by atoms with Gasteiger partial charge >= 0.3 is 0 Å². The Bertz CT molecular complexity index is 617. The minimum absolute atomic E-state index is 0.0333. The number of nitrogens with two attached hydrogens (primary N) is 2. The SMILES string of the molecule is COc1cc(C(=O)NC2CCN(C(=O)C(C)(C)N)CC2)ccc1N. The Morgan fingerprint density at radius 1 is 1.29 bits per heavy atom. The lowest BCUT2D eigenvalue weighted by molar-refractivity contribution is -0.136. The zero-order chi connectivity index (χ0) is 17.9. The lowest BCUT2D eigenvalue weighted by Crippen LogP contribution is -2.55. The molecule has 1 aromatic carbocycles. The van der Waals surface area contributed by atoms with Gasteiger partial charge in [0.05, 0.1) is 18.3 Å². The number of nitrogens with one attached hydrogen (secondary N) is 1. The number of nitrogens with zero attached hydrogens (tertiary/aromatic N) is 1. The van der Waals surface area contributed by atoms with Crippen LogP contribution in [-0.2, 0) is 4.79 Å². The highest BCUT2D eigenvalue weighted by Crippen LogP contribution is 2.22. The molecule has 0 bridgehead atoms. The number of carbonyl (C=O) groups excluding carboxylic acids is 2. The summed E-state index contributed by atoms with van der Waals surface area (Å²) in [5.41, 5.74) is 11.7. The summed E-state index contributed by atoms with van der Waals surface area (Å²) < 4.78 is 5.14. The number of likely N-dealkylation sites (tertiary alicyclic amines) is 1. The van der Waals surface area contributed by atoms with Crippen molar-refractivity contribution in [2.45, 2.75) is 38.3 Å². The van der Waals surface area contributed by atoms with Gasteiger partial charge in [0.1, 0.15) is 5.75 Å². The van der Waals surface area contributed by atoms with Gasteiger partial charge in [0, 0.05) is 24.7 Å². The summed E-state index contributed by atoms with van der Waals surface area (Å²) in [4.78, 5) is 26.3. The Labute approximate surface area is 142 Å². The number of benzene rings is 1. The second-order valence-corrected chi connectivity index (χ2v) is 6.72. The van der Waals surface area contributed by atoms with Crippen molar-refractivity contribution in [2.75, 3.05) is 25.9 Å². The largest absolute Gasteiger partial charge is 0.495 e. The van der Waals surface area contributed by atoms with Crippen LogP contribution in [0.2, 0.25) is 0 Å². The lowest BCUT2D eigenvalue weighted by Gasteiger charge is -2.35. The predicted molar refractivity (Wildman–Crippen MR) is 92.7 cm³/mol. The zero-order valence-corrected chi connectivity index (χ0v) is 14.5. The van der Waals surface area contributed by atoms with E-state index < -0.39 is 5.54 Å². The van der Waals surface area contributed by atoms with Crippen molar-refractivity contribution >= 4 is 17.5 Å². The fraction of sp³-hybridized carbons (Fsp3) is 0.529. The van der Waals surface area contributed by atoms with Crippen molar-refractivity contribution in [1.82, 2.24) is 10.2 Å². The topological polar surface area (TPSA) is 111 Å². The van der Waals surface area contributed by atoms with Crippen LogP contribution in [0.1, 0.15) is 37.0 Å². The van der Waals surface area contributed by atoms with E-state index in [-0.39, 0.29) is 17.9 Å².